The minimum Gasteiger partial charge on any atom is -0.478 e. The first-order valence-electron chi connectivity index (χ1n) is 8.57. The third-order valence-corrected chi connectivity index (χ3v) is 4.35. The number of carboxylic acids is 1. The summed E-state index contributed by atoms with van der Waals surface area (Å²) in [5.41, 5.74) is 2.91. The molecule has 0 aliphatic heterocycles. The van der Waals surface area contributed by atoms with Gasteiger partial charge < -0.3 is 10.4 Å². The fourth-order valence-corrected chi connectivity index (χ4v) is 2.98. The first kappa shape index (κ1) is 17.2. The molecular weight excluding hydrogens is 318 g/mol. The molecule has 1 fully saturated rings. The monoisotopic (exact) mass is 341 g/mol. The van der Waals surface area contributed by atoms with Crippen molar-refractivity contribution < 1.29 is 14.7 Å². The summed E-state index contributed by atoms with van der Waals surface area (Å²) in [6.07, 6.45) is 3.78. The Morgan fingerprint density at radius 3 is 2.64 bits per heavy atom. The smallest absolute Gasteiger partial charge is 0.336 e. The molecule has 25 heavy (non-hydrogen) atoms. The molecule has 6 heteroatoms. The fourth-order valence-electron chi connectivity index (χ4n) is 2.98. The van der Waals surface area contributed by atoms with Crippen molar-refractivity contribution >= 4 is 17.6 Å². The summed E-state index contributed by atoms with van der Waals surface area (Å²) in [4.78, 5) is 24.0. The molecule has 0 spiro atoms. The number of anilines is 1. The van der Waals surface area contributed by atoms with Crippen LogP contribution in [0.5, 0.6) is 0 Å². The van der Waals surface area contributed by atoms with Gasteiger partial charge in [-0.25, -0.2) is 4.79 Å². The maximum absolute atomic E-state index is 12.7. The van der Waals surface area contributed by atoms with Crippen LogP contribution in [0.3, 0.4) is 0 Å². The number of carbonyl (C=O) groups is 2. The van der Waals surface area contributed by atoms with Crippen LogP contribution < -0.4 is 5.32 Å². The average molecular weight is 341 g/mol. The molecule has 1 heterocycles. The Hall–Kier alpha value is -2.63. The summed E-state index contributed by atoms with van der Waals surface area (Å²) >= 11 is 0. The number of aryl methyl sites for hydroxylation is 1. The average Bonchev–Trinajstić information content (AvgIpc) is 3.29. The van der Waals surface area contributed by atoms with Crippen LogP contribution in [0.4, 0.5) is 5.69 Å². The van der Waals surface area contributed by atoms with E-state index in [-0.39, 0.29) is 11.5 Å². The number of nitrogens with zero attached hydrogens (tertiary/aromatic N) is 2. The van der Waals surface area contributed by atoms with Gasteiger partial charge in [0.2, 0.25) is 0 Å². The van der Waals surface area contributed by atoms with Gasteiger partial charge in [0.15, 0.2) is 0 Å². The molecule has 1 aliphatic rings. The molecule has 0 atom stereocenters. The second kappa shape index (κ2) is 6.70. The van der Waals surface area contributed by atoms with Gasteiger partial charge in [0.05, 0.1) is 23.0 Å². The molecular formula is C19H23N3O3. The van der Waals surface area contributed by atoms with Gasteiger partial charge in [-0.2, -0.15) is 5.10 Å². The summed E-state index contributed by atoms with van der Waals surface area (Å²) in [6, 6.07) is 4.91. The topological polar surface area (TPSA) is 84.2 Å². The molecule has 132 valence electrons. The Balaban J connectivity index is 1.86. The Bertz CT molecular complexity index is 819. The molecule has 0 saturated heterocycles. The highest BCUT2D eigenvalue weighted by atomic mass is 16.4. The van der Waals surface area contributed by atoms with Gasteiger partial charge in [-0.15, -0.1) is 0 Å². The molecule has 0 radical (unpaired) electrons. The molecule has 2 N–H and O–H groups in total. The zero-order valence-electron chi connectivity index (χ0n) is 14.7. The van der Waals surface area contributed by atoms with Gasteiger partial charge in [-0.05, 0) is 43.4 Å². The first-order valence-corrected chi connectivity index (χ1v) is 8.57. The van der Waals surface area contributed by atoms with E-state index in [2.05, 4.69) is 24.3 Å². The van der Waals surface area contributed by atoms with Crippen LogP contribution >= 0.6 is 0 Å². The lowest BCUT2D eigenvalue weighted by Crippen LogP contribution is -2.16. The maximum atomic E-state index is 12.7. The lowest BCUT2D eigenvalue weighted by molar-refractivity contribution is 0.0695. The standard InChI is InChI=1S/C19H23N3O3/c1-11(2)10-22-17(13-5-6-13)16(9-20-22)18(23)21-14-7-4-12(3)15(8-14)19(24)25/h4,7-9,11,13H,5-6,10H2,1-3H3,(H,21,23)(H,24,25). The lowest BCUT2D eigenvalue weighted by Gasteiger charge is -2.12. The largest absolute Gasteiger partial charge is 0.478 e. The summed E-state index contributed by atoms with van der Waals surface area (Å²) in [7, 11) is 0. The Kier molecular flexibility index (Phi) is 4.61. The van der Waals surface area contributed by atoms with Crippen molar-refractivity contribution in [3.8, 4) is 0 Å². The number of benzene rings is 1. The van der Waals surface area contributed by atoms with Crippen LogP contribution in [0, 0.1) is 12.8 Å². The van der Waals surface area contributed by atoms with Crippen LogP contribution in [0.2, 0.25) is 0 Å². The summed E-state index contributed by atoms with van der Waals surface area (Å²) in [6.45, 7) is 6.76. The molecule has 6 nitrogen and oxygen atoms in total. The van der Waals surface area contributed by atoms with Crippen molar-refractivity contribution in [2.24, 2.45) is 5.92 Å². The van der Waals surface area contributed by atoms with E-state index >= 15 is 0 Å². The number of carboxylic acid groups (broad SMARTS) is 1. The van der Waals surface area contributed by atoms with Crippen molar-refractivity contribution in [2.75, 3.05) is 5.32 Å². The normalized spacial score (nSPS) is 13.9. The number of rotatable bonds is 6. The van der Waals surface area contributed by atoms with Gasteiger partial charge in [-0.1, -0.05) is 19.9 Å². The maximum Gasteiger partial charge on any atom is 0.336 e. The third kappa shape index (κ3) is 3.73. The second-order valence-electron chi connectivity index (χ2n) is 7.08. The summed E-state index contributed by atoms with van der Waals surface area (Å²) in [5, 5.41) is 16.4. The van der Waals surface area contributed by atoms with Crippen LogP contribution in [-0.2, 0) is 6.54 Å². The van der Waals surface area contributed by atoms with Gasteiger partial charge in [0, 0.05) is 18.2 Å². The number of amides is 1. The van der Waals surface area contributed by atoms with Gasteiger partial charge in [0.1, 0.15) is 0 Å². The quantitative estimate of drug-likeness (QED) is 0.839. The highest BCUT2D eigenvalue weighted by molar-refractivity contribution is 6.05. The highest BCUT2D eigenvalue weighted by Crippen LogP contribution is 2.42. The van der Waals surface area contributed by atoms with Crippen molar-refractivity contribution in [3.63, 3.8) is 0 Å². The number of nitrogens with one attached hydrogen (secondary N) is 1. The predicted molar refractivity (Wildman–Crippen MR) is 95.1 cm³/mol. The lowest BCUT2D eigenvalue weighted by atomic mass is 10.1. The van der Waals surface area contributed by atoms with Gasteiger partial charge in [-0.3, -0.25) is 9.48 Å². The molecule has 3 rings (SSSR count). The number of aromatic nitrogens is 2. The van der Waals surface area contributed by atoms with Crippen LogP contribution in [0.1, 0.15) is 64.6 Å². The minimum atomic E-state index is -1.00. The van der Waals surface area contributed by atoms with E-state index in [1.165, 1.54) is 6.07 Å². The molecule has 1 saturated carbocycles. The summed E-state index contributed by atoms with van der Waals surface area (Å²) < 4.78 is 1.94. The zero-order valence-corrected chi connectivity index (χ0v) is 14.7. The third-order valence-electron chi connectivity index (χ3n) is 4.35. The molecule has 0 bridgehead atoms. The van der Waals surface area contributed by atoms with E-state index in [9.17, 15) is 14.7 Å². The number of hydrogen-bond acceptors (Lipinski definition) is 3. The molecule has 1 aromatic carbocycles. The predicted octanol–water partition coefficient (Wildman–Crippen LogP) is 3.68. The fraction of sp³-hybridized carbons (Fsp3) is 0.421. The number of carbonyl (C=O) groups excluding carboxylic acids is 1. The number of hydrogen-bond donors (Lipinski definition) is 2. The molecule has 2 aromatic rings. The van der Waals surface area contributed by atoms with Crippen LogP contribution in [0.25, 0.3) is 0 Å². The summed E-state index contributed by atoms with van der Waals surface area (Å²) in [5.74, 6) is -0.396. The van der Waals surface area contributed by atoms with Crippen molar-refractivity contribution in [1.29, 1.82) is 0 Å². The van der Waals surface area contributed by atoms with Gasteiger partial charge in [0.25, 0.3) is 5.91 Å². The zero-order chi connectivity index (χ0) is 18.1. The Labute approximate surface area is 146 Å². The molecule has 0 unspecified atom stereocenters. The second-order valence-corrected chi connectivity index (χ2v) is 7.08. The SMILES string of the molecule is Cc1ccc(NC(=O)c2cnn(CC(C)C)c2C2CC2)cc1C(=O)O. The Morgan fingerprint density at radius 2 is 2.04 bits per heavy atom. The van der Waals surface area contributed by atoms with E-state index < -0.39 is 5.97 Å². The minimum absolute atomic E-state index is 0.190. The number of aromatic carboxylic acids is 1. The van der Waals surface area contributed by atoms with Crippen molar-refractivity contribution in [2.45, 2.75) is 46.1 Å². The van der Waals surface area contributed by atoms with E-state index in [1.54, 1.807) is 25.3 Å². The van der Waals surface area contributed by atoms with Crippen molar-refractivity contribution in [1.82, 2.24) is 9.78 Å². The highest BCUT2D eigenvalue weighted by Gasteiger charge is 2.32. The molecule has 1 aliphatic carbocycles. The van der Waals surface area contributed by atoms with E-state index in [0.29, 0.717) is 28.7 Å². The van der Waals surface area contributed by atoms with E-state index in [4.69, 9.17) is 0 Å². The van der Waals surface area contributed by atoms with E-state index in [1.807, 2.05) is 4.68 Å². The molecule has 1 amide bonds. The Morgan fingerprint density at radius 1 is 1.32 bits per heavy atom. The molecule has 1 aromatic heterocycles. The van der Waals surface area contributed by atoms with Crippen LogP contribution in [0.15, 0.2) is 24.4 Å². The van der Waals surface area contributed by atoms with E-state index in [0.717, 1.165) is 25.1 Å². The van der Waals surface area contributed by atoms with Crippen LogP contribution in [-0.4, -0.2) is 26.8 Å². The first-order chi connectivity index (χ1) is 11.9. The van der Waals surface area contributed by atoms with Gasteiger partial charge >= 0.3 is 5.97 Å². The van der Waals surface area contributed by atoms with Crippen molar-refractivity contribution in [3.05, 3.63) is 46.8 Å².